The van der Waals surface area contributed by atoms with Crippen LogP contribution in [-0.4, -0.2) is 75.4 Å². The fourth-order valence-electron chi connectivity index (χ4n) is 3.77. The molecule has 0 aromatic carbocycles. The average molecular weight is 494 g/mol. The van der Waals surface area contributed by atoms with E-state index < -0.39 is 47.9 Å². The van der Waals surface area contributed by atoms with Crippen LogP contribution in [-0.2, 0) is 30.4 Å². The molecule has 8 N–H and O–H groups in total. The number of nitrogens with zero attached hydrogens (tertiary/aromatic N) is 1. The summed E-state index contributed by atoms with van der Waals surface area (Å²) in [6.45, 7) is 4.29. The molecule has 0 aliphatic carbocycles. The largest absolute Gasteiger partial charge is 0.480 e. The molecule has 5 unspecified atom stereocenters. The molecule has 4 amide bonds. The minimum atomic E-state index is -1.34. The Balaban J connectivity index is 2.15. The zero-order valence-electron chi connectivity index (χ0n) is 20.0. The molecule has 0 saturated carbocycles. The zero-order chi connectivity index (χ0) is 26.0. The molecule has 1 aromatic rings. The molecule has 1 aromatic heterocycles. The Kier molecular flexibility index (Phi) is 10.6. The molecule has 2 heterocycles. The van der Waals surface area contributed by atoms with Crippen LogP contribution in [0, 0.1) is 5.92 Å². The predicted octanol–water partition coefficient (Wildman–Crippen LogP) is -1.45. The highest BCUT2D eigenvalue weighted by atomic mass is 16.4. The molecule has 1 aliphatic rings. The van der Waals surface area contributed by atoms with Crippen molar-refractivity contribution in [3.8, 4) is 0 Å². The number of carbonyl (C=O) groups excluding carboxylic acids is 4. The zero-order valence-corrected chi connectivity index (χ0v) is 20.0. The van der Waals surface area contributed by atoms with Crippen molar-refractivity contribution in [2.75, 3.05) is 6.54 Å². The lowest BCUT2D eigenvalue weighted by atomic mass is 9.96. The second-order valence-electron chi connectivity index (χ2n) is 8.77. The van der Waals surface area contributed by atoms with Crippen LogP contribution in [0.15, 0.2) is 12.5 Å². The highest BCUT2D eigenvalue weighted by Gasteiger charge is 2.33. The molecule has 1 fully saturated rings. The van der Waals surface area contributed by atoms with Crippen LogP contribution < -0.4 is 27.0 Å². The van der Waals surface area contributed by atoms with Crippen LogP contribution in [0.1, 0.15) is 51.6 Å². The molecule has 13 nitrogen and oxygen atoms in total. The first-order chi connectivity index (χ1) is 16.6. The number of carboxylic acids is 1. The number of rotatable bonds is 14. The normalized spacial score (nSPS) is 18.6. The number of aromatic amines is 1. The number of imidazole rings is 1. The standard InChI is InChI=1S/C22H35N7O6/c1-3-12(2)18(21(33)27-15(22(34)35)6-7-17(23)30)29-20(32)16(9-13-10-24-11-26-13)28-19(31)14-5-4-8-25-14/h10-12,14-16,18,25H,3-9H2,1-2H3,(H2,23,30)(H,24,26)(H,27,33)(H,28,31)(H,29,32)(H,34,35). The number of aromatic nitrogens is 2. The van der Waals surface area contributed by atoms with Gasteiger partial charge in [0.2, 0.25) is 23.6 Å². The van der Waals surface area contributed by atoms with Crippen molar-refractivity contribution in [3.05, 3.63) is 18.2 Å². The summed E-state index contributed by atoms with van der Waals surface area (Å²) in [5, 5.41) is 20.3. The van der Waals surface area contributed by atoms with Gasteiger partial charge in [-0.1, -0.05) is 20.3 Å². The monoisotopic (exact) mass is 493 g/mol. The van der Waals surface area contributed by atoms with Gasteiger partial charge in [-0.05, 0) is 31.7 Å². The Labute approximate surface area is 203 Å². The van der Waals surface area contributed by atoms with Crippen LogP contribution in [0.4, 0.5) is 0 Å². The Bertz CT molecular complexity index is 885. The second-order valence-corrected chi connectivity index (χ2v) is 8.77. The lowest BCUT2D eigenvalue weighted by Gasteiger charge is -2.28. The fraction of sp³-hybridized carbons (Fsp3) is 0.636. The molecule has 0 spiro atoms. The first kappa shape index (κ1) is 27.8. The van der Waals surface area contributed by atoms with E-state index in [4.69, 9.17) is 5.73 Å². The number of amides is 4. The molecule has 0 bridgehead atoms. The van der Waals surface area contributed by atoms with E-state index in [1.54, 1.807) is 6.92 Å². The lowest BCUT2D eigenvalue weighted by Crippen LogP contribution is -2.59. The van der Waals surface area contributed by atoms with E-state index in [0.29, 0.717) is 25.1 Å². The number of nitrogens with two attached hydrogens (primary N) is 1. The van der Waals surface area contributed by atoms with Crippen LogP contribution >= 0.6 is 0 Å². The minimum Gasteiger partial charge on any atom is -0.480 e. The van der Waals surface area contributed by atoms with E-state index in [1.165, 1.54) is 12.5 Å². The number of aliphatic carboxylic acids is 1. The van der Waals surface area contributed by atoms with Crippen molar-refractivity contribution in [2.45, 2.75) is 76.5 Å². The highest BCUT2D eigenvalue weighted by Crippen LogP contribution is 2.11. The van der Waals surface area contributed by atoms with E-state index in [-0.39, 0.29) is 31.1 Å². The molecule has 35 heavy (non-hydrogen) atoms. The van der Waals surface area contributed by atoms with Gasteiger partial charge in [0.05, 0.1) is 12.4 Å². The summed E-state index contributed by atoms with van der Waals surface area (Å²) >= 11 is 0. The number of hydrogen-bond donors (Lipinski definition) is 7. The number of carbonyl (C=O) groups is 5. The molecule has 194 valence electrons. The number of primary amides is 1. The van der Waals surface area contributed by atoms with Gasteiger partial charge in [0, 0.05) is 24.7 Å². The van der Waals surface area contributed by atoms with Gasteiger partial charge in [0.25, 0.3) is 0 Å². The maximum atomic E-state index is 13.3. The third-order valence-electron chi connectivity index (χ3n) is 6.08. The lowest BCUT2D eigenvalue weighted by molar-refractivity contribution is -0.143. The summed E-state index contributed by atoms with van der Waals surface area (Å²) in [6, 6.07) is -3.79. The summed E-state index contributed by atoms with van der Waals surface area (Å²) in [6.07, 6.45) is 4.75. The molecular formula is C22H35N7O6. The molecule has 0 radical (unpaired) electrons. The highest BCUT2D eigenvalue weighted by molar-refractivity contribution is 5.94. The SMILES string of the molecule is CCC(C)C(NC(=O)C(Cc1cnc[nH]1)NC(=O)C1CCCN1)C(=O)NC(CCC(N)=O)C(=O)O. The van der Waals surface area contributed by atoms with Crippen LogP contribution in [0.2, 0.25) is 0 Å². The molecular weight excluding hydrogens is 458 g/mol. The maximum absolute atomic E-state index is 13.3. The molecule has 5 atom stereocenters. The molecule has 1 aliphatic heterocycles. The summed E-state index contributed by atoms with van der Waals surface area (Å²) < 4.78 is 0. The number of hydrogen-bond acceptors (Lipinski definition) is 7. The van der Waals surface area contributed by atoms with Crippen LogP contribution in [0.3, 0.4) is 0 Å². The van der Waals surface area contributed by atoms with Crippen molar-refractivity contribution in [2.24, 2.45) is 11.7 Å². The number of carboxylic acid groups (broad SMARTS) is 1. The van der Waals surface area contributed by atoms with Crippen molar-refractivity contribution < 1.29 is 29.1 Å². The van der Waals surface area contributed by atoms with Gasteiger partial charge in [-0.25, -0.2) is 9.78 Å². The van der Waals surface area contributed by atoms with Gasteiger partial charge < -0.3 is 37.1 Å². The van der Waals surface area contributed by atoms with Gasteiger partial charge in [-0.15, -0.1) is 0 Å². The summed E-state index contributed by atoms with van der Waals surface area (Å²) in [5.41, 5.74) is 5.71. The van der Waals surface area contributed by atoms with E-state index in [9.17, 15) is 29.1 Å². The maximum Gasteiger partial charge on any atom is 0.326 e. The molecule has 13 heteroatoms. The van der Waals surface area contributed by atoms with Crippen LogP contribution in [0.5, 0.6) is 0 Å². The van der Waals surface area contributed by atoms with Gasteiger partial charge in [-0.3, -0.25) is 19.2 Å². The summed E-state index contributed by atoms with van der Waals surface area (Å²) in [7, 11) is 0. The first-order valence-electron chi connectivity index (χ1n) is 11.7. The number of H-pyrrole nitrogens is 1. The van der Waals surface area contributed by atoms with Gasteiger partial charge >= 0.3 is 5.97 Å². The van der Waals surface area contributed by atoms with Crippen molar-refractivity contribution in [3.63, 3.8) is 0 Å². The number of nitrogens with one attached hydrogen (secondary N) is 5. The molecule has 1 saturated heterocycles. The quantitative estimate of drug-likeness (QED) is 0.163. The Morgan fingerprint density at radius 2 is 1.91 bits per heavy atom. The van der Waals surface area contributed by atoms with E-state index in [2.05, 4.69) is 31.2 Å². The third-order valence-corrected chi connectivity index (χ3v) is 6.08. The van der Waals surface area contributed by atoms with Crippen molar-refractivity contribution >= 4 is 29.6 Å². The first-order valence-corrected chi connectivity index (χ1v) is 11.7. The van der Waals surface area contributed by atoms with Gasteiger partial charge in [0.15, 0.2) is 0 Å². The van der Waals surface area contributed by atoms with E-state index in [0.717, 1.165) is 6.42 Å². The van der Waals surface area contributed by atoms with E-state index in [1.807, 2.05) is 6.92 Å². The van der Waals surface area contributed by atoms with Gasteiger partial charge in [0.1, 0.15) is 18.1 Å². The minimum absolute atomic E-state index is 0.121. The summed E-state index contributed by atoms with van der Waals surface area (Å²) in [4.78, 5) is 68.4. The Hall–Kier alpha value is -3.48. The molecule has 2 rings (SSSR count). The fourth-order valence-corrected chi connectivity index (χ4v) is 3.77. The van der Waals surface area contributed by atoms with Crippen molar-refractivity contribution in [1.82, 2.24) is 31.2 Å². The predicted molar refractivity (Wildman–Crippen MR) is 125 cm³/mol. The Morgan fingerprint density at radius 3 is 2.46 bits per heavy atom. The smallest absolute Gasteiger partial charge is 0.326 e. The topological polar surface area (TPSA) is 208 Å². The average Bonchev–Trinajstić information content (AvgIpc) is 3.53. The third kappa shape index (κ3) is 8.67. The summed E-state index contributed by atoms with van der Waals surface area (Å²) in [5.74, 6) is -3.95. The van der Waals surface area contributed by atoms with Crippen LogP contribution in [0.25, 0.3) is 0 Å². The Morgan fingerprint density at radius 1 is 1.17 bits per heavy atom. The van der Waals surface area contributed by atoms with Crippen molar-refractivity contribution in [1.29, 1.82) is 0 Å². The second kappa shape index (κ2) is 13.4. The van der Waals surface area contributed by atoms with E-state index >= 15 is 0 Å². The van der Waals surface area contributed by atoms with Gasteiger partial charge in [-0.2, -0.15) is 0 Å².